The largest absolute Gasteiger partial charge is 0.493 e. The number of hydrogen-bond acceptors (Lipinski definition) is 4. The number of benzene rings is 2. The van der Waals surface area contributed by atoms with Crippen molar-refractivity contribution < 1.29 is 19.1 Å². The molecular formula is C17H15Cl2NO4. The second-order valence-electron chi connectivity index (χ2n) is 4.88. The predicted molar refractivity (Wildman–Crippen MR) is 93.6 cm³/mol. The van der Waals surface area contributed by atoms with Gasteiger partial charge in [0.25, 0.3) is 5.91 Å². The van der Waals surface area contributed by atoms with Crippen molar-refractivity contribution in [1.82, 2.24) is 0 Å². The van der Waals surface area contributed by atoms with E-state index in [1.807, 2.05) is 0 Å². The number of anilines is 1. The normalized spacial score (nSPS) is 10.2. The molecule has 5 nitrogen and oxygen atoms in total. The van der Waals surface area contributed by atoms with Crippen LogP contribution in [0.2, 0.25) is 10.0 Å². The van der Waals surface area contributed by atoms with E-state index in [0.717, 1.165) is 0 Å². The molecule has 2 aromatic rings. The highest BCUT2D eigenvalue weighted by atomic mass is 35.5. The summed E-state index contributed by atoms with van der Waals surface area (Å²) in [6.45, 7) is 1.20. The lowest BCUT2D eigenvalue weighted by Gasteiger charge is -2.12. The van der Waals surface area contributed by atoms with E-state index in [1.54, 1.807) is 36.4 Å². The van der Waals surface area contributed by atoms with Crippen LogP contribution < -0.4 is 14.8 Å². The zero-order valence-electron chi connectivity index (χ0n) is 13.1. The van der Waals surface area contributed by atoms with E-state index in [4.69, 9.17) is 32.7 Å². The number of carbonyl (C=O) groups excluding carboxylic acids is 2. The fraction of sp³-hybridized carbons (Fsp3) is 0.176. The Hall–Kier alpha value is -2.24. The topological polar surface area (TPSA) is 64.6 Å². The summed E-state index contributed by atoms with van der Waals surface area (Å²) in [7, 11) is 1.46. The fourth-order valence-electron chi connectivity index (χ4n) is 1.93. The van der Waals surface area contributed by atoms with Crippen molar-refractivity contribution in [3.8, 4) is 11.5 Å². The van der Waals surface area contributed by atoms with Crippen LogP contribution in [-0.4, -0.2) is 25.4 Å². The van der Waals surface area contributed by atoms with Crippen LogP contribution in [0.3, 0.4) is 0 Å². The van der Waals surface area contributed by atoms with Crippen LogP contribution in [0.4, 0.5) is 5.69 Å². The second-order valence-corrected chi connectivity index (χ2v) is 5.73. The van der Waals surface area contributed by atoms with E-state index in [0.29, 0.717) is 32.8 Å². The molecule has 0 aliphatic carbocycles. The monoisotopic (exact) mass is 367 g/mol. The summed E-state index contributed by atoms with van der Waals surface area (Å²) >= 11 is 11.9. The van der Waals surface area contributed by atoms with Crippen LogP contribution in [0.5, 0.6) is 11.5 Å². The molecule has 2 rings (SSSR count). The maximum absolute atomic E-state index is 12.0. The lowest BCUT2D eigenvalue weighted by atomic mass is 10.1. The average Bonchev–Trinajstić information content (AvgIpc) is 2.56. The smallest absolute Gasteiger partial charge is 0.262 e. The summed E-state index contributed by atoms with van der Waals surface area (Å²) in [5, 5.41) is 3.44. The highest BCUT2D eigenvalue weighted by molar-refractivity contribution is 6.35. The van der Waals surface area contributed by atoms with Gasteiger partial charge in [-0.1, -0.05) is 23.2 Å². The first-order valence-electron chi connectivity index (χ1n) is 6.97. The first kappa shape index (κ1) is 18.1. The van der Waals surface area contributed by atoms with Gasteiger partial charge in [-0.2, -0.15) is 0 Å². The Balaban J connectivity index is 2.03. The van der Waals surface area contributed by atoms with E-state index in [-0.39, 0.29) is 12.4 Å². The van der Waals surface area contributed by atoms with Crippen molar-refractivity contribution in [2.75, 3.05) is 19.0 Å². The summed E-state index contributed by atoms with van der Waals surface area (Å²) in [6.07, 6.45) is 0. The second kappa shape index (κ2) is 8.04. The Morgan fingerprint density at radius 3 is 2.50 bits per heavy atom. The number of ketones is 1. The molecule has 0 radical (unpaired) electrons. The Labute approximate surface area is 149 Å². The van der Waals surface area contributed by atoms with Gasteiger partial charge in [0.15, 0.2) is 23.9 Å². The maximum atomic E-state index is 12.0. The van der Waals surface area contributed by atoms with Crippen molar-refractivity contribution in [3.05, 3.63) is 52.0 Å². The first-order valence-corrected chi connectivity index (χ1v) is 7.73. The molecule has 24 heavy (non-hydrogen) atoms. The van der Waals surface area contributed by atoms with Gasteiger partial charge in [-0.15, -0.1) is 0 Å². The molecule has 126 valence electrons. The molecule has 0 saturated heterocycles. The Kier molecular flexibility index (Phi) is 6.06. The number of nitrogens with one attached hydrogen (secondary N) is 1. The molecule has 0 saturated carbocycles. The number of hydrogen-bond donors (Lipinski definition) is 1. The average molecular weight is 368 g/mol. The molecule has 0 bridgehead atoms. The van der Waals surface area contributed by atoms with E-state index >= 15 is 0 Å². The van der Waals surface area contributed by atoms with Crippen molar-refractivity contribution in [1.29, 1.82) is 0 Å². The Morgan fingerprint density at radius 2 is 1.83 bits per heavy atom. The summed E-state index contributed by atoms with van der Waals surface area (Å²) in [5.74, 6) is 0.233. The number of methoxy groups -OCH3 is 1. The molecule has 7 heteroatoms. The van der Waals surface area contributed by atoms with E-state index in [9.17, 15) is 9.59 Å². The molecule has 0 fully saturated rings. The number of Topliss-reactive ketones (excluding diaryl/α,β-unsaturated/α-hetero) is 1. The summed E-state index contributed by atoms with van der Waals surface area (Å²) in [5.41, 5.74) is 0.894. The molecule has 1 amide bonds. The standard InChI is InChI=1S/C17H15Cl2NO4/c1-10(21)11-3-6-15(16(7-11)23-2)24-9-17(22)20-14-8-12(18)4-5-13(14)19/h3-8H,9H2,1-2H3,(H,20,22). The van der Waals surface area contributed by atoms with Crippen molar-refractivity contribution in [2.45, 2.75) is 6.92 Å². The maximum Gasteiger partial charge on any atom is 0.262 e. The van der Waals surface area contributed by atoms with Crippen LogP contribution in [0.25, 0.3) is 0 Å². The molecule has 2 aromatic carbocycles. The fourth-order valence-corrected chi connectivity index (χ4v) is 2.27. The van der Waals surface area contributed by atoms with Gasteiger partial charge in [-0.05, 0) is 43.3 Å². The minimum Gasteiger partial charge on any atom is -0.493 e. The van der Waals surface area contributed by atoms with Crippen molar-refractivity contribution in [3.63, 3.8) is 0 Å². The molecule has 0 aliphatic rings. The Morgan fingerprint density at radius 1 is 1.08 bits per heavy atom. The lowest BCUT2D eigenvalue weighted by molar-refractivity contribution is -0.118. The van der Waals surface area contributed by atoms with Crippen LogP contribution in [0.15, 0.2) is 36.4 Å². The number of rotatable bonds is 6. The first-order chi connectivity index (χ1) is 11.4. The zero-order chi connectivity index (χ0) is 17.7. The quantitative estimate of drug-likeness (QED) is 0.776. The molecule has 0 heterocycles. The van der Waals surface area contributed by atoms with Crippen LogP contribution >= 0.6 is 23.2 Å². The van der Waals surface area contributed by atoms with Crippen molar-refractivity contribution in [2.24, 2.45) is 0 Å². The number of ether oxygens (including phenoxy) is 2. The van der Waals surface area contributed by atoms with Crippen LogP contribution in [-0.2, 0) is 4.79 Å². The third kappa shape index (κ3) is 4.63. The molecule has 0 atom stereocenters. The van der Waals surface area contributed by atoms with Gasteiger partial charge in [0.1, 0.15) is 0 Å². The minimum absolute atomic E-state index is 0.0896. The SMILES string of the molecule is COc1cc(C(C)=O)ccc1OCC(=O)Nc1cc(Cl)ccc1Cl. The highest BCUT2D eigenvalue weighted by Crippen LogP contribution is 2.29. The van der Waals surface area contributed by atoms with E-state index in [2.05, 4.69) is 5.32 Å². The minimum atomic E-state index is -0.406. The molecular weight excluding hydrogens is 353 g/mol. The molecule has 0 unspecified atom stereocenters. The third-order valence-corrected chi connectivity index (χ3v) is 3.70. The number of carbonyl (C=O) groups is 2. The van der Waals surface area contributed by atoms with Gasteiger partial charge < -0.3 is 14.8 Å². The lowest BCUT2D eigenvalue weighted by Crippen LogP contribution is -2.20. The van der Waals surface area contributed by atoms with E-state index in [1.165, 1.54) is 14.0 Å². The van der Waals surface area contributed by atoms with Crippen molar-refractivity contribution >= 4 is 40.6 Å². The molecule has 0 aliphatic heterocycles. The van der Waals surface area contributed by atoms with Crippen LogP contribution in [0, 0.1) is 0 Å². The highest BCUT2D eigenvalue weighted by Gasteiger charge is 2.11. The summed E-state index contributed by atoms with van der Waals surface area (Å²) in [4.78, 5) is 23.4. The van der Waals surface area contributed by atoms with Crippen LogP contribution in [0.1, 0.15) is 17.3 Å². The van der Waals surface area contributed by atoms with Gasteiger partial charge in [-0.3, -0.25) is 9.59 Å². The van der Waals surface area contributed by atoms with Gasteiger partial charge in [0.2, 0.25) is 0 Å². The van der Waals surface area contributed by atoms with Gasteiger partial charge >= 0.3 is 0 Å². The van der Waals surface area contributed by atoms with Gasteiger partial charge in [0, 0.05) is 10.6 Å². The summed E-state index contributed by atoms with van der Waals surface area (Å²) in [6, 6.07) is 9.50. The summed E-state index contributed by atoms with van der Waals surface area (Å²) < 4.78 is 10.6. The number of amides is 1. The predicted octanol–water partition coefficient (Wildman–Crippen LogP) is 4.22. The van der Waals surface area contributed by atoms with E-state index < -0.39 is 5.91 Å². The number of halogens is 2. The zero-order valence-corrected chi connectivity index (χ0v) is 14.6. The molecule has 1 N–H and O–H groups in total. The van der Waals surface area contributed by atoms with Gasteiger partial charge in [-0.25, -0.2) is 0 Å². The van der Waals surface area contributed by atoms with Gasteiger partial charge in [0.05, 0.1) is 17.8 Å². The molecule has 0 spiro atoms. The molecule has 0 aromatic heterocycles. The Bertz CT molecular complexity index is 777. The third-order valence-electron chi connectivity index (χ3n) is 3.13.